The fourth-order valence-corrected chi connectivity index (χ4v) is 2.32. The van der Waals surface area contributed by atoms with Crippen molar-refractivity contribution >= 4 is 25.9 Å². The molecule has 0 aromatic rings. The molecule has 0 bridgehead atoms. The van der Waals surface area contributed by atoms with Gasteiger partial charge in [-0.15, -0.1) is 0 Å². The molecule has 0 heterocycles. The van der Waals surface area contributed by atoms with Crippen LogP contribution in [0.4, 0.5) is 0 Å². The van der Waals surface area contributed by atoms with Crippen LogP contribution >= 0.6 is 0 Å². The Hall–Kier alpha value is 0.157. The predicted octanol–water partition coefficient (Wildman–Crippen LogP) is 3.28. The zero-order chi connectivity index (χ0) is 13.9. The summed E-state index contributed by atoms with van der Waals surface area (Å²) in [6, 6.07) is 0. The van der Waals surface area contributed by atoms with Crippen molar-refractivity contribution in [1.82, 2.24) is 0 Å². The third-order valence-corrected chi connectivity index (χ3v) is 8.20. The SMILES string of the molecule is CC(C)(C)[S+]([O-])N=CCCC(C)(C)[Si](C)(C)O. The highest BCUT2D eigenvalue weighted by Gasteiger charge is 2.37. The Morgan fingerprint density at radius 3 is 2.06 bits per heavy atom. The van der Waals surface area contributed by atoms with Gasteiger partial charge in [0.1, 0.15) is 16.1 Å². The van der Waals surface area contributed by atoms with Crippen molar-refractivity contribution in [2.75, 3.05) is 0 Å². The van der Waals surface area contributed by atoms with Gasteiger partial charge in [-0.1, -0.05) is 18.2 Å². The number of rotatable bonds is 5. The zero-order valence-electron chi connectivity index (χ0n) is 12.2. The van der Waals surface area contributed by atoms with Crippen LogP contribution in [0, 0.1) is 0 Å². The first kappa shape index (κ1) is 17.2. The highest BCUT2D eigenvalue weighted by molar-refractivity contribution is 7.91. The van der Waals surface area contributed by atoms with Gasteiger partial charge >= 0.3 is 0 Å². The quantitative estimate of drug-likeness (QED) is 0.476. The van der Waals surface area contributed by atoms with Gasteiger partial charge in [0.25, 0.3) is 0 Å². The predicted molar refractivity (Wildman–Crippen MR) is 79.4 cm³/mol. The summed E-state index contributed by atoms with van der Waals surface area (Å²) in [4.78, 5) is 10.1. The smallest absolute Gasteiger partial charge is 0.188 e. The summed E-state index contributed by atoms with van der Waals surface area (Å²) in [5, 5.41) is -0.0394. The molecule has 1 unspecified atom stereocenters. The molecule has 0 aliphatic rings. The third-order valence-electron chi connectivity index (χ3n) is 3.25. The van der Waals surface area contributed by atoms with Crippen molar-refractivity contribution in [1.29, 1.82) is 0 Å². The lowest BCUT2D eigenvalue weighted by Gasteiger charge is -2.34. The molecule has 0 aromatic heterocycles. The molecule has 0 saturated heterocycles. The van der Waals surface area contributed by atoms with Gasteiger partial charge in [-0.3, -0.25) is 0 Å². The molecule has 102 valence electrons. The highest BCUT2D eigenvalue weighted by atomic mass is 32.2. The van der Waals surface area contributed by atoms with Crippen LogP contribution in [0.3, 0.4) is 0 Å². The van der Waals surface area contributed by atoms with Crippen molar-refractivity contribution in [3.05, 3.63) is 0 Å². The van der Waals surface area contributed by atoms with E-state index in [1.54, 1.807) is 6.21 Å². The fraction of sp³-hybridized carbons (Fsp3) is 0.917. The standard InChI is InChI=1S/C12H27NO2SSi/c1-11(2,3)16(14)13-10-8-9-12(4,5)17(6,7)15/h10,15H,8-9H2,1-7H3. The second kappa shape index (κ2) is 5.86. The van der Waals surface area contributed by atoms with E-state index in [2.05, 4.69) is 18.2 Å². The topological polar surface area (TPSA) is 55.7 Å². The van der Waals surface area contributed by atoms with Crippen LogP contribution < -0.4 is 0 Å². The molecule has 1 N–H and O–H groups in total. The minimum absolute atomic E-state index is 0.0394. The Bertz CT molecular complexity index is 267. The molecule has 0 radical (unpaired) electrons. The van der Waals surface area contributed by atoms with Crippen LogP contribution in [0.5, 0.6) is 0 Å². The molecule has 3 nitrogen and oxygen atoms in total. The first-order valence-corrected chi connectivity index (χ1v) is 10.1. The lowest BCUT2D eigenvalue weighted by molar-refractivity contribution is 0.456. The lowest BCUT2D eigenvalue weighted by atomic mass is 10.1. The molecule has 0 amide bonds. The van der Waals surface area contributed by atoms with E-state index in [9.17, 15) is 9.35 Å². The Morgan fingerprint density at radius 1 is 1.24 bits per heavy atom. The van der Waals surface area contributed by atoms with Crippen molar-refractivity contribution in [2.45, 2.75) is 70.3 Å². The lowest BCUT2D eigenvalue weighted by Crippen LogP contribution is -2.39. The molecular weight excluding hydrogens is 250 g/mol. The van der Waals surface area contributed by atoms with Crippen molar-refractivity contribution in [3.8, 4) is 0 Å². The van der Waals surface area contributed by atoms with Gasteiger partial charge in [0.05, 0.1) is 6.21 Å². The first-order chi connectivity index (χ1) is 7.38. The monoisotopic (exact) mass is 277 g/mol. The van der Waals surface area contributed by atoms with Crippen LogP contribution in [-0.4, -0.2) is 28.6 Å². The second-order valence-corrected chi connectivity index (χ2v) is 13.0. The zero-order valence-corrected chi connectivity index (χ0v) is 14.0. The second-order valence-electron chi connectivity index (χ2n) is 6.63. The average Bonchev–Trinajstić information content (AvgIpc) is 2.08. The van der Waals surface area contributed by atoms with Crippen molar-refractivity contribution in [2.24, 2.45) is 4.40 Å². The first-order valence-electron chi connectivity index (χ1n) is 6.05. The Labute approximate surface area is 110 Å². The maximum atomic E-state index is 11.7. The highest BCUT2D eigenvalue weighted by Crippen LogP contribution is 2.39. The summed E-state index contributed by atoms with van der Waals surface area (Å²) < 4.78 is 15.4. The Kier molecular flexibility index (Phi) is 5.92. The van der Waals surface area contributed by atoms with Gasteiger partial charge in [0.2, 0.25) is 0 Å². The summed E-state index contributed by atoms with van der Waals surface area (Å²) in [5.74, 6) is 0. The van der Waals surface area contributed by atoms with E-state index < -0.39 is 19.7 Å². The van der Waals surface area contributed by atoms with Crippen molar-refractivity contribution in [3.63, 3.8) is 0 Å². The summed E-state index contributed by atoms with van der Waals surface area (Å²) in [7, 11) is -2.14. The van der Waals surface area contributed by atoms with Crippen LogP contribution in [0.15, 0.2) is 4.40 Å². The molecule has 0 aliphatic carbocycles. The molecule has 0 aromatic carbocycles. The van der Waals surface area contributed by atoms with Crippen LogP contribution in [0.1, 0.15) is 47.5 Å². The minimum atomic E-state index is -2.14. The van der Waals surface area contributed by atoms with Gasteiger partial charge in [-0.25, -0.2) is 0 Å². The van der Waals surface area contributed by atoms with Gasteiger partial charge in [-0.05, 0) is 51.7 Å². The molecule has 0 spiro atoms. The van der Waals surface area contributed by atoms with Gasteiger partial charge in [-0.2, -0.15) is 0 Å². The van der Waals surface area contributed by atoms with Crippen LogP contribution in [-0.2, 0) is 11.4 Å². The molecule has 17 heavy (non-hydrogen) atoms. The van der Waals surface area contributed by atoms with E-state index in [0.717, 1.165) is 12.8 Å². The Morgan fingerprint density at radius 2 is 1.71 bits per heavy atom. The van der Waals surface area contributed by atoms with Gasteiger partial charge in [0, 0.05) is 0 Å². The average molecular weight is 278 g/mol. The van der Waals surface area contributed by atoms with Crippen LogP contribution in [0.25, 0.3) is 0 Å². The van der Waals surface area contributed by atoms with E-state index in [-0.39, 0.29) is 9.79 Å². The van der Waals surface area contributed by atoms with E-state index in [0.29, 0.717) is 0 Å². The largest absolute Gasteiger partial charge is 0.591 e. The van der Waals surface area contributed by atoms with E-state index in [1.165, 1.54) is 0 Å². The molecular formula is C12H27NO2SSi. The third kappa shape index (κ3) is 6.04. The summed E-state index contributed by atoms with van der Waals surface area (Å²) in [6.07, 6.45) is 3.39. The molecule has 0 aliphatic heterocycles. The molecule has 5 heteroatoms. The van der Waals surface area contributed by atoms with Crippen molar-refractivity contribution < 1.29 is 9.35 Å². The maximum absolute atomic E-state index is 11.7. The van der Waals surface area contributed by atoms with E-state index >= 15 is 0 Å². The van der Waals surface area contributed by atoms with Gasteiger partial charge < -0.3 is 9.35 Å². The minimum Gasteiger partial charge on any atom is -0.591 e. The summed E-state index contributed by atoms with van der Waals surface area (Å²) in [5.41, 5.74) is 0. The number of hydrogen-bond donors (Lipinski definition) is 1. The normalized spacial score (nSPS) is 16.5. The Balaban J connectivity index is 4.22. The fourth-order valence-electron chi connectivity index (χ4n) is 1.01. The number of nitrogens with zero attached hydrogens (tertiary/aromatic N) is 1. The summed E-state index contributed by atoms with van der Waals surface area (Å²) in [6.45, 7) is 13.8. The maximum Gasteiger partial charge on any atom is 0.188 e. The number of hydrogen-bond acceptors (Lipinski definition) is 3. The van der Waals surface area contributed by atoms with E-state index in [4.69, 9.17) is 0 Å². The molecule has 0 rings (SSSR count). The molecule has 0 fully saturated rings. The van der Waals surface area contributed by atoms with Crippen LogP contribution in [0.2, 0.25) is 18.1 Å². The molecule has 1 atom stereocenters. The summed E-state index contributed by atoms with van der Waals surface area (Å²) >= 11 is -1.17. The molecule has 0 saturated carbocycles. The van der Waals surface area contributed by atoms with Gasteiger partial charge in [0.15, 0.2) is 8.32 Å². The van der Waals surface area contributed by atoms with E-state index in [1.807, 2.05) is 33.9 Å².